The number of nitrogens with zero attached hydrogens (tertiary/aromatic N) is 1. The third kappa shape index (κ3) is 1.48. The highest BCUT2D eigenvalue weighted by molar-refractivity contribution is 6.13. The van der Waals surface area contributed by atoms with Crippen LogP contribution in [0.15, 0.2) is 42.5 Å². The van der Waals surface area contributed by atoms with Crippen molar-refractivity contribution in [2.75, 3.05) is 0 Å². The number of nitro groups is 1. The van der Waals surface area contributed by atoms with Gasteiger partial charge in [0.05, 0.1) is 4.92 Å². The molecule has 0 aliphatic carbocycles. The van der Waals surface area contributed by atoms with Gasteiger partial charge < -0.3 is 10.2 Å². The van der Waals surface area contributed by atoms with Crippen LogP contribution in [0.2, 0.25) is 0 Å². The van der Waals surface area contributed by atoms with Crippen molar-refractivity contribution in [2.45, 2.75) is 0 Å². The molecular weight excluding hydrogens is 246 g/mol. The third-order valence-electron chi connectivity index (χ3n) is 3.15. The van der Waals surface area contributed by atoms with Gasteiger partial charge in [0, 0.05) is 11.5 Å². The van der Waals surface area contributed by atoms with Crippen molar-refractivity contribution < 1.29 is 15.1 Å². The summed E-state index contributed by atoms with van der Waals surface area (Å²) in [6.07, 6.45) is 0. The Balaban J connectivity index is 2.64. The lowest BCUT2D eigenvalue weighted by Gasteiger charge is -2.16. The normalized spacial score (nSPS) is 10.9. The molecular formula is C14H8NO4-. The molecule has 0 spiro atoms. The molecule has 19 heavy (non-hydrogen) atoms. The summed E-state index contributed by atoms with van der Waals surface area (Å²) in [7, 11) is 0. The summed E-state index contributed by atoms with van der Waals surface area (Å²) < 4.78 is 0. The number of rotatable bonds is 1. The van der Waals surface area contributed by atoms with Gasteiger partial charge in [-0.2, -0.15) is 0 Å². The summed E-state index contributed by atoms with van der Waals surface area (Å²) in [4.78, 5) is 10.4. The number of non-ortho nitro benzene ring substituents is 1. The fourth-order valence-corrected chi connectivity index (χ4v) is 2.30. The van der Waals surface area contributed by atoms with E-state index in [1.54, 1.807) is 24.3 Å². The number of nitro benzene ring substituents is 1. The van der Waals surface area contributed by atoms with Crippen molar-refractivity contribution in [2.24, 2.45) is 0 Å². The highest BCUT2D eigenvalue weighted by atomic mass is 16.6. The number of phenolic OH excluding ortho intramolecular Hbond substituents is 1. The maximum Gasteiger partial charge on any atom is 0.280 e. The summed E-state index contributed by atoms with van der Waals surface area (Å²) in [5.74, 6) is -0.537. The third-order valence-corrected chi connectivity index (χ3v) is 3.15. The largest absolute Gasteiger partial charge is 0.872 e. The Morgan fingerprint density at radius 1 is 0.947 bits per heavy atom. The van der Waals surface area contributed by atoms with Gasteiger partial charge >= 0.3 is 0 Å². The van der Waals surface area contributed by atoms with Crippen molar-refractivity contribution in [1.29, 1.82) is 0 Å². The molecule has 0 bridgehead atoms. The second-order valence-electron chi connectivity index (χ2n) is 4.18. The Kier molecular flexibility index (Phi) is 2.28. The molecule has 0 heterocycles. The maximum absolute atomic E-state index is 12.3. The van der Waals surface area contributed by atoms with Gasteiger partial charge in [-0.1, -0.05) is 42.1 Å². The van der Waals surface area contributed by atoms with Crippen LogP contribution in [0.3, 0.4) is 0 Å². The molecule has 0 fully saturated rings. The minimum absolute atomic E-state index is 0.00352. The quantitative estimate of drug-likeness (QED) is 0.411. The van der Waals surface area contributed by atoms with E-state index in [0.717, 1.165) is 0 Å². The summed E-state index contributed by atoms with van der Waals surface area (Å²) in [6, 6.07) is 10.7. The SMILES string of the molecule is O=[N+]([O-])c1cccc2c([O-])c3ccccc3c(O)c12. The molecule has 0 saturated carbocycles. The second-order valence-corrected chi connectivity index (χ2v) is 4.18. The minimum atomic E-state index is -0.601. The number of hydrogen-bond acceptors (Lipinski definition) is 4. The fraction of sp³-hybridized carbons (Fsp3) is 0. The van der Waals surface area contributed by atoms with E-state index in [9.17, 15) is 20.3 Å². The van der Waals surface area contributed by atoms with Gasteiger partial charge in [-0.3, -0.25) is 10.1 Å². The van der Waals surface area contributed by atoms with Gasteiger partial charge in [0.1, 0.15) is 11.1 Å². The van der Waals surface area contributed by atoms with E-state index in [-0.39, 0.29) is 28.0 Å². The summed E-state index contributed by atoms with van der Waals surface area (Å²) in [5.41, 5.74) is -0.266. The number of benzene rings is 3. The van der Waals surface area contributed by atoms with E-state index >= 15 is 0 Å². The fourth-order valence-electron chi connectivity index (χ4n) is 2.30. The van der Waals surface area contributed by atoms with E-state index in [2.05, 4.69) is 0 Å². The highest BCUT2D eigenvalue weighted by Crippen LogP contribution is 2.43. The average Bonchev–Trinajstić information content (AvgIpc) is 2.44. The van der Waals surface area contributed by atoms with E-state index < -0.39 is 4.92 Å². The van der Waals surface area contributed by atoms with Crippen molar-refractivity contribution in [1.82, 2.24) is 0 Å². The van der Waals surface area contributed by atoms with E-state index in [1.807, 2.05) is 0 Å². The molecule has 0 radical (unpaired) electrons. The van der Waals surface area contributed by atoms with Gasteiger partial charge in [-0.25, -0.2) is 0 Å². The van der Waals surface area contributed by atoms with E-state index in [0.29, 0.717) is 10.8 Å². The molecule has 3 aromatic rings. The molecule has 0 aliphatic heterocycles. The lowest BCUT2D eigenvalue weighted by Crippen LogP contribution is -1.96. The van der Waals surface area contributed by atoms with Crippen LogP contribution in [0, 0.1) is 10.1 Å². The van der Waals surface area contributed by atoms with E-state index in [1.165, 1.54) is 18.2 Å². The van der Waals surface area contributed by atoms with Gasteiger partial charge in [-0.15, -0.1) is 0 Å². The van der Waals surface area contributed by atoms with Crippen LogP contribution in [0.1, 0.15) is 0 Å². The van der Waals surface area contributed by atoms with Crippen LogP contribution in [-0.4, -0.2) is 10.0 Å². The molecule has 1 N–H and O–H groups in total. The smallest absolute Gasteiger partial charge is 0.280 e. The molecule has 5 heteroatoms. The standard InChI is InChI=1S/C14H9NO4/c16-13-8-4-1-2-5-9(8)14(17)12-10(13)6-3-7-11(12)15(18)19/h1-7,16-17H/p-1. The number of hydrogen-bond donors (Lipinski definition) is 1. The number of phenols is 1. The first-order chi connectivity index (χ1) is 9.11. The molecule has 5 nitrogen and oxygen atoms in total. The predicted molar refractivity (Wildman–Crippen MR) is 69.2 cm³/mol. The topological polar surface area (TPSA) is 86.4 Å². The highest BCUT2D eigenvalue weighted by Gasteiger charge is 2.18. The Morgan fingerprint density at radius 3 is 2.26 bits per heavy atom. The van der Waals surface area contributed by atoms with Crippen LogP contribution >= 0.6 is 0 Å². The maximum atomic E-state index is 12.3. The molecule has 0 aromatic heterocycles. The molecule has 94 valence electrons. The van der Waals surface area contributed by atoms with Gasteiger partial charge in [0.25, 0.3) is 5.69 Å². The zero-order chi connectivity index (χ0) is 13.6. The lowest BCUT2D eigenvalue weighted by atomic mass is 9.99. The average molecular weight is 254 g/mol. The Morgan fingerprint density at radius 2 is 1.58 bits per heavy atom. The summed E-state index contributed by atoms with van der Waals surface area (Å²) in [6.45, 7) is 0. The van der Waals surface area contributed by atoms with Crippen molar-refractivity contribution in [3.63, 3.8) is 0 Å². The number of fused-ring (bicyclic) bond motifs is 2. The zero-order valence-electron chi connectivity index (χ0n) is 9.66. The predicted octanol–water partition coefficient (Wildman–Crippen LogP) is 2.68. The van der Waals surface area contributed by atoms with Crippen LogP contribution in [0.4, 0.5) is 5.69 Å². The van der Waals surface area contributed by atoms with Crippen molar-refractivity contribution in [3.8, 4) is 11.5 Å². The zero-order valence-corrected chi connectivity index (χ0v) is 9.66. The molecule has 3 aromatic carbocycles. The van der Waals surface area contributed by atoms with Crippen LogP contribution in [0.25, 0.3) is 21.5 Å². The molecule has 0 atom stereocenters. The minimum Gasteiger partial charge on any atom is -0.872 e. The monoisotopic (exact) mass is 254 g/mol. The van der Waals surface area contributed by atoms with Crippen LogP contribution < -0.4 is 5.11 Å². The van der Waals surface area contributed by atoms with Gasteiger partial charge in [0.2, 0.25) is 0 Å². The van der Waals surface area contributed by atoms with Crippen molar-refractivity contribution in [3.05, 3.63) is 52.6 Å². The molecule has 0 unspecified atom stereocenters. The number of aromatic hydroxyl groups is 1. The summed E-state index contributed by atoms with van der Waals surface area (Å²) in [5, 5.41) is 34.3. The van der Waals surface area contributed by atoms with Crippen LogP contribution in [0.5, 0.6) is 11.5 Å². The first kappa shape index (κ1) is 11.3. The molecule has 0 amide bonds. The lowest BCUT2D eigenvalue weighted by molar-refractivity contribution is -0.383. The molecule has 3 rings (SSSR count). The van der Waals surface area contributed by atoms with Crippen molar-refractivity contribution >= 4 is 27.2 Å². The van der Waals surface area contributed by atoms with Gasteiger partial charge in [-0.05, 0) is 10.8 Å². The molecule has 0 saturated heterocycles. The Labute approximate surface area is 107 Å². The Hall–Kier alpha value is -2.82. The van der Waals surface area contributed by atoms with Crippen LogP contribution in [-0.2, 0) is 0 Å². The van der Waals surface area contributed by atoms with E-state index in [4.69, 9.17) is 0 Å². The van der Waals surface area contributed by atoms with Gasteiger partial charge in [0.15, 0.2) is 0 Å². The second kappa shape index (κ2) is 3.84. The first-order valence-electron chi connectivity index (χ1n) is 5.59. The first-order valence-corrected chi connectivity index (χ1v) is 5.59. The Bertz CT molecular complexity index is 826. The summed E-state index contributed by atoms with van der Waals surface area (Å²) >= 11 is 0. The molecule has 0 aliphatic rings.